The molecule has 1 aliphatic heterocycles. The van der Waals surface area contributed by atoms with Crippen molar-refractivity contribution < 1.29 is 0 Å². The van der Waals surface area contributed by atoms with E-state index in [-0.39, 0.29) is 0 Å². The van der Waals surface area contributed by atoms with Gasteiger partial charge in [0.25, 0.3) is 0 Å². The Balaban J connectivity index is 1.89. The van der Waals surface area contributed by atoms with E-state index in [0.29, 0.717) is 0 Å². The van der Waals surface area contributed by atoms with Crippen LogP contribution in [0.4, 0.5) is 0 Å². The minimum absolute atomic E-state index is 0.951. The van der Waals surface area contributed by atoms with Gasteiger partial charge >= 0.3 is 0 Å². The number of hydrogen-bond donors (Lipinski definition) is 0. The minimum Gasteiger partial charge on any atom is -0.133 e. The first kappa shape index (κ1) is 10.8. The molecule has 0 nitrogen and oxygen atoms in total. The number of hydrogen-bond acceptors (Lipinski definition) is 2. The highest BCUT2D eigenvalue weighted by atomic mass is 32.3. The Kier molecular flexibility index (Phi) is 5.57. The van der Waals surface area contributed by atoms with Crippen molar-refractivity contribution in [2.24, 2.45) is 0 Å². The van der Waals surface area contributed by atoms with Crippen LogP contribution in [0.15, 0.2) is 0 Å². The smallest absolute Gasteiger partial charge is 0.0524 e. The number of thioether (sulfide) groups is 2. The maximum absolute atomic E-state index is 2.28. The molecule has 12 heavy (non-hydrogen) atoms. The third kappa shape index (κ3) is 3.61. The van der Waals surface area contributed by atoms with Gasteiger partial charge in [-0.15, -0.1) is 23.5 Å². The van der Waals surface area contributed by atoms with Gasteiger partial charge in [0.05, 0.1) is 9.16 Å². The fourth-order valence-electron chi connectivity index (χ4n) is 1.36. The van der Waals surface area contributed by atoms with Crippen molar-refractivity contribution in [1.82, 2.24) is 0 Å². The van der Waals surface area contributed by atoms with Crippen LogP contribution in [0.3, 0.4) is 0 Å². The fraction of sp³-hybridized carbons (Fsp3) is 1.00. The van der Waals surface area contributed by atoms with Crippen LogP contribution in [0.1, 0.15) is 52.4 Å². The van der Waals surface area contributed by atoms with Crippen LogP contribution in [0.2, 0.25) is 0 Å². The van der Waals surface area contributed by atoms with E-state index in [9.17, 15) is 0 Å². The van der Waals surface area contributed by atoms with Crippen LogP contribution < -0.4 is 0 Å². The second kappa shape index (κ2) is 6.20. The summed E-state index contributed by atoms with van der Waals surface area (Å²) in [6.07, 6.45) is 8.44. The molecule has 0 amide bonds. The van der Waals surface area contributed by atoms with Crippen molar-refractivity contribution in [2.75, 3.05) is 0 Å². The molecule has 1 aliphatic rings. The lowest BCUT2D eigenvalue weighted by molar-refractivity contribution is 0.734. The van der Waals surface area contributed by atoms with Crippen molar-refractivity contribution in [3.63, 3.8) is 0 Å². The molecule has 0 unspecified atom stereocenters. The highest BCUT2D eigenvalue weighted by Crippen LogP contribution is 2.51. The van der Waals surface area contributed by atoms with Crippen LogP contribution in [-0.4, -0.2) is 9.16 Å². The van der Waals surface area contributed by atoms with Crippen molar-refractivity contribution in [3.8, 4) is 0 Å². The molecule has 2 heteroatoms. The van der Waals surface area contributed by atoms with Crippen LogP contribution in [-0.2, 0) is 0 Å². The lowest BCUT2D eigenvalue weighted by Gasteiger charge is -2.34. The Morgan fingerprint density at radius 2 is 1.25 bits per heavy atom. The SMILES string of the molecule is CCCCC1SC(CCCC)S1. The molecule has 0 radical (unpaired) electrons. The quantitative estimate of drug-likeness (QED) is 0.625. The van der Waals surface area contributed by atoms with Gasteiger partial charge in [0.15, 0.2) is 0 Å². The van der Waals surface area contributed by atoms with E-state index in [1.807, 2.05) is 0 Å². The van der Waals surface area contributed by atoms with E-state index in [1.54, 1.807) is 0 Å². The molecule has 1 heterocycles. The number of unbranched alkanes of at least 4 members (excludes halogenated alkanes) is 2. The molecule has 0 aromatic rings. The van der Waals surface area contributed by atoms with Gasteiger partial charge in [-0.25, -0.2) is 0 Å². The molecule has 0 saturated carbocycles. The van der Waals surface area contributed by atoms with Gasteiger partial charge in [-0.05, 0) is 12.8 Å². The predicted octanol–water partition coefficient (Wildman–Crippen LogP) is 4.50. The molecule has 0 bridgehead atoms. The van der Waals surface area contributed by atoms with E-state index >= 15 is 0 Å². The van der Waals surface area contributed by atoms with Crippen molar-refractivity contribution in [2.45, 2.75) is 61.5 Å². The maximum atomic E-state index is 2.28. The monoisotopic (exact) mass is 204 g/mol. The van der Waals surface area contributed by atoms with E-state index in [4.69, 9.17) is 0 Å². The molecule has 1 saturated heterocycles. The van der Waals surface area contributed by atoms with Crippen LogP contribution in [0, 0.1) is 0 Å². The van der Waals surface area contributed by atoms with Gasteiger partial charge in [-0.3, -0.25) is 0 Å². The summed E-state index contributed by atoms with van der Waals surface area (Å²) in [5.41, 5.74) is 0. The molecule has 72 valence electrons. The van der Waals surface area contributed by atoms with Crippen LogP contribution in [0.5, 0.6) is 0 Å². The van der Waals surface area contributed by atoms with Crippen molar-refractivity contribution in [1.29, 1.82) is 0 Å². The van der Waals surface area contributed by atoms with E-state index in [0.717, 1.165) is 9.16 Å². The average molecular weight is 204 g/mol. The van der Waals surface area contributed by atoms with Gasteiger partial charge in [-0.1, -0.05) is 39.5 Å². The summed E-state index contributed by atoms with van der Waals surface area (Å²) in [5, 5.41) is 0. The van der Waals surface area contributed by atoms with Crippen molar-refractivity contribution in [3.05, 3.63) is 0 Å². The van der Waals surface area contributed by atoms with Gasteiger partial charge in [0.2, 0.25) is 0 Å². The second-order valence-corrected chi connectivity index (χ2v) is 6.83. The molecule has 0 aliphatic carbocycles. The zero-order chi connectivity index (χ0) is 8.81. The standard InChI is InChI=1S/C10H20S2/c1-3-5-7-9-11-10(12-9)8-6-4-2/h9-10H,3-8H2,1-2H3. The highest BCUT2D eigenvalue weighted by molar-refractivity contribution is 8.33. The molecule has 0 atom stereocenters. The van der Waals surface area contributed by atoms with Crippen LogP contribution >= 0.6 is 23.5 Å². The number of rotatable bonds is 6. The van der Waals surface area contributed by atoms with Gasteiger partial charge in [0.1, 0.15) is 0 Å². The second-order valence-electron chi connectivity index (χ2n) is 3.42. The lowest BCUT2D eigenvalue weighted by Crippen LogP contribution is -2.18. The molecule has 0 aromatic heterocycles. The molecular weight excluding hydrogens is 184 g/mol. The summed E-state index contributed by atoms with van der Waals surface area (Å²) in [6, 6.07) is 0. The summed E-state index contributed by atoms with van der Waals surface area (Å²) >= 11 is 4.43. The Labute approximate surface area is 85.3 Å². The van der Waals surface area contributed by atoms with E-state index in [1.165, 1.54) is 38.5 Å². The first-order valence-electron chi connectivity index (χ1n) is 5.17. The fourth-order valence-corrected chi connectivity index (χ4v) is 4.55. The van der Waals surface area contributed by atoms with Crippen LogP contribution in [0.25, 0.3) is 0 Å². The molecule has 0 N–H and O–H groups in total. The first-order valence-corrected chi connectivity index (χ1v) is 7.06. The molecular formula is C10H20S2. The van der Waals surface area contributed by atoms with Gasteiger partial charge in [-0.2, -0.15) is 0 Å². The van der Waals surface area contributed by atoms with E-state index < -0.39 is 0 Å². The Morgan fingerprint density at radius 1 is 0.833 bits per heavy atom. The Morgan fingerprint density at radius 3 is 1.58 bits per heavy atom. The highest BCUT2D eigenvalue weighted by Gasteiger charge is 2.28. The first-order chi connectivity index (χ1) is 5.86. The molecule has 0 aromatic carbocycles. The molecule has 1 fully saturated rings. The summed E-state index contributed by atoms with van der Waals surface area (Å²) in [4.78, 5) is 0. The zero-order valence-corrected chi connectivity index (χ0v) is 9.85. The third-order valence-electron chi connectivity index (χ3n) is 2.19. The van der Waals surface area contributed by atoms with Gasteiger partial charge in [0, 0.05) is 0 Å². The minimum atomic E-state index is 0.951. The predicted molar refractivity (Wildman–Crippen MR) is 61.8 cm³/mol. The summed E-state index contributed by atoms with van der Waals surface area (Å²) in [5.74, 6) is 0. The van der Waals surface area contributed by atoms with Crippen molar-refractivity contribution >= 4 is 23.5 Å². The molecule has 1 rings (SSSR count). The Hall–Kier alpha value is 0.700. The van der Waals surface area contributed by atoms with E-state index in [2.05, 4.69) is 37.4 Å². The maximum Gasteiger partial charge on any atom is 0.0524 e. The molecule has 0 spiro atoms. The lowest BCUT2D eigenvalue weighted by atomic mass is 10.3. The Bertz CT molecular complexity index is 96.4. The normalized spacial score (nSPS) is 28.5. The third-order valence-corrected chi connectivity index (χ3v) is 5.68. The summed E-state index contributed by atoms with van der Waals surface area (Å²) < 4.78 is 1.90. The topological polar surface area (TPSA) is 0 Å². The summed E-state index contributed by atoms with van der Waals surface area (Å²) in [7, 11) is 0. The van der Waals surface area contributed by atoms with Gasteiger partial charge < -0.3 is 0 Å². The average Bonchev–Trinajstić information content (AvgIpc) is 2.01. The largest absolute Gasteiger partial charge is 0.133 e. The summed E-state index contributed by atoms with van der Waals surface area (Å²) in [6.45, 7) is 4.56. The zero-order valence-electron chi connectivity index (χ0n) is 8.21.